The van der Waals surface area contributed by atoms with Gasteiger partial charge in [-0.15, -0.1) is 0 Å². The van der Waals surface area contributed by atoms with Gasteiger partial charge in [0.15, 0.2) is 5.16 Å². The molecule has 2 aromatic rings. The third-order valence-corrected chi connectivity index (χ3v) is 4.44. The van der Waals surface area contributed by atoms with Crippen LogP contribution in [0.5, 0.6) is 0 Å². The molecule has 0 amide bonds. The van der Waals surface area contributed by atoms with E-state index in [9.17, 15) is 0 Å². The van der Waals surface area contributed by atoms with Gasteiger partial charge in [0.1, 0.15) is 0 Å². The van der Waals surface area contributed by atoms with E-state index in [0.29, 0.717) is 0 Å². The molecular formula is C18H24N2OS. The van der Waals surface area contributed by atoms with Gasteiger partial charge >= 0.3 is 0 Å². The summed E-state index contributed by atoms with van der Waals surface area (Å²) in [5, 5.41) is 9.91. The zero-order valence-corrected chi connectivity index (χ0v) is 14.6. The van der Waals surface area contributed by atoms with Crippen LogP contribution < -0.4 is 0 Å². The van der Waals surface area contributed by atoms with Crippen LogP contribution in [0.2, 0.25) is 0 Å². The lowest BCUT2D eigenvalue weighted by Crippen LogP contribution is -2.16. The standard InChI is InChI=1S/C18H24N2OS/c1-13-11-14(2)20-17(19-13)22-16-7-5-15(6-8-16)12-18(3,4)9-10-21/h5-8,11,21H,9-10,12H2,1-4H3. The third-order valence-electron chi connectivity index (χ3n) is 3.57. The van der Waals surface area contributed by atoms with Crippen molar-refractivity contribution in [3.05, 3.63) is 47.3 Å². The maximum Gasteiger partial charge on any atom is 0.192 e. The van der Waals surface area contributed by atoms with Gasteiger partial charge in [-0.2, -0.15) is 0 Å². The summed E-state index contributed by atoms with van der Waals surface area (Å²) in [6.45, 7) is 8.60. The Morgan fingerprint density at radius 2 is 1.64 bits per heavy atom. The van der Waals surface area contributed by atoms with Gasteiger partial charge in [-0.05, 0) is 67.6 Å². The van der Waals surface area contributed by atoms with Crippen molar-refractivity contribution in [1.82, 2.24) is 9.97 Å². The molecule has 0 fully saturated rings. The van der Waals surface area contributed by atoms with Crippen molar-refractivity contribution in [1.29, 1.82) is 0 Å². The number of hydrogen-bond acceptors (Lipinski definition) is 4. The first-order chi connectivity index (χ1) is 10.4. The van der Waals surface area contributed by atoms with Crippen LogP contribution in [0.4, 0.5) is 0 Å². The van der Waals surface area contributed by atoms with E-state index >= 15 is 0 Å². The number of aryl methyl sites for hydroxylation is 2. The summed E-state index contributed by atoms with van der Waals surface area (Å²) < 4.78 is 0. The second-order valence-corrected chi connectivity index (χ2v) is 7.53. The minimum absolute atomic E-state index is 0.125. The molecule has 0 aliphatic heterocycles. The molecule has 22 heavy (non-hydrogen) atoms. The minimum Gasteiger partial charge on any atom is -0.396 e. The van der Waals surface area contributed by atoms with Crippen LogP contribution in [-0.2, 0) is 6.42 Å². The fourth-order valence-electron chi connectivity index (χ4n) is 2.46. The Balaban J connectivity index is 2.05. The van der Waals surface area contributed by atoms with E-state index in [0.717, 1.165) is 34.3 Å². The Kier molecular flexibility index (Phi) is 5.59. The van der Waals surface area contributed by atoms with Crippen LogP contribution in [0.3, 0.4) is 0 Å². The summed E-state index contributed by atoms with van der Waals surface area (Å²) in [5.74, 6) is 0. The van der Waals surface area contributed by atoms with Crippen LogP contribution in [0, 0.1) is 19.3 Å². The number of nitrogens with zero attached hydrogens (tertiary/aromatic N) is 2. The topological polar surface area (TPSA) is 46.0 Å². The molecular weight excluding hydrogens is 292 g/mol. The van der Waals surface area contributed by atoms with Gasteiger partial charge in [0.05, 0.1) is 0 Å². The second kappa shape index (κ2) is 7.25. The highest BCUT2D eigenvalue weighted by Crippen LogP contribution is 2.29. The molecule has 0 atom stereocenters. The molecule has 3 nitrogen and oxygen atoms in total. The fourth-order valence-corrected chi connectivity index (χ4v) is 3.33. The van der Waals surface area contributed by atoms with Crippen LogP contribution in [0.1, 0.15) is 37.2 Å². The summed E-state index contributed by atoms with van der Waals surface area (Å²) in [4.78, 5) is 10.1. The van der Waals surface area contributed by atoms with E-state index in [4.69, 9.17) is 5.11 Å². The van der Waals surface area contributed by atoms with Gasteiger partial charge in [-0.3, -0.25) is 0 Å². The molecule has 0 spiro atoms. The fraction of sp³-hybridized carbons (Fsp3) is 0.444. The molecule has 0 unspecified atom stereocenters. The largest absolute Gasteiger partial charge is 0.396 e. The quantitative estimate of drug-likeness (QED) is 0.812. The molecule has 0 aliphatic carbocycles. The average Bonchev–Trinajstić information content (AvgIpc) is 2.39. The number of aliphatic hydroxyl groups excluding tert-OH is 1. The molecule has 118 valence electrons. The molecule has 1 aromatic carbocycles. The second-order valence-electron chi connectivity index (χ2n) is 6.49. The molecule has 0 bridgehead atoms. The van der Waals surface area contributed by atoms with Crippen LogP contribution in [0.15, 0.2) is 40.4 Å². The number of hydrogen-bond donors (Lipinski definition) is 1. The summed E-state index contributed by atoms with van der Waals surface area (Å²) in [5.41, 5.74) is 3.42. The van der Waals surface area contributed by atoms with Gasteiger partial charge in [0, 0.05) is 22.9 Å². The minimum atomic E-state index is 0.125. The van der Waals surface area contributed by atoms with Crippen LogP contribution in [0.25, 0.3) is 0 Å². The van der Waals surface area contributed by atoms with Crippen molar-refractivity contribution in [3.8, 4) is 0 Å². The molecule has 1 aromatic heterocycles. The normalized spacial score (nSPS) is 11.7. The SMILES string of the molecule is Cc1cc(C)nc(Sc2ccc(CC(C)(C)CCO)cc2)n1. The first-order valence-electron chi connectivity index (χ1n) is 7.58. The third kappa shape index (κ3) is 5.11. The first kappa shape index (κ1) is 17.0. The van der Waals surface area contributed by atoms with E-state index in [1.807, 2.05) is 19.9 Å². The molecule has 4 heteroatoms. The number of aromatic nitrogens is 2. The predicted molar refractivity (Wildman–Crippen MR) is 91.3 cm³/mol. The molecule has 1 heterocycles. The zero-order chi connectivity index (χ0) is 16.2. The Morgan fingerprint density at radius 3 is 2.18 bits per heavy atom. The lowest BCUT2D eigenvalue weighted by molar-refractivity contribution is 0.211. The highest BCUT2D eigenvalue weighted by molar-refractivity contribution is 7.99. The summed E-state index contributed by atoms with van der Waals surface area (Å²) in [6.07, 6.45) is 1.79. The summed E-state index contributed by atoms with van der Waals surface area (Å²) in [6, 6.07) is 10.5. The van der Waals surface area contributed by atoms with Gasteiger partial charge in [0.2, 0.25) is 0 Å². The van der Waals surface area contributed by atoms with E-state index in [1.54, 1.807) is 11.8 Å². The van der Waals surface area contributed by atoms with E-state index in [2.05, 4.69) is 48.1 Å². The molecule has 0 saturated carbocycles. The molecule has 1 N–H and O–H groups in total. The monoisotopic (exact) mass is 316 g/mol. The van der Waals surface area contributed by atoms with E-state index in [1.165, 1.54) is 5.56 Å². The Bertz CT molecular complexity index is 603. The highest BCUT2D eigenvalue weighted by atomic mass is 32.2. The van der Waals surface area contributed by atoms with Crippen molar-refractivity contribution in [2.45, 2.75) is 50.6 Å². The van der Waals surface area contributed by atoms with E-state index in [-0.39, 0.29) is 12.0 Å². The van der Waals surface area contributed by atoms with Gasteiger partial charge in [0.25, 0.3) is 0 Å². The zero-order valence-electron chi connectivity index (χ0n) is 13.8. The maximum absolute atomic E-state index is 9.12. The smallest absolute Gasteiger partial charge is 0.192 e. The van der Waals surface area contributed by atoms with Crippen molar-refractivity contribution in [2.75, 3.05) is 6.61 Å². The molecule has 0 saturated heterocycles. The lowest BCUT2D eigenvalue weighted by Gasteiger charge is -2.23. The Labute approximate surface area is 137 Å². The number of aliphatic hydroxyl groups is 1. The Hall–Kier alpha value is -1.39. The van der Waals surface area contributed by atoms with E-state index < -0.39 is 0 Å². The van der Waals surface area contributed by atoms with Gasteiger partial charge in [-0.25, -0.2) is 9.97 Å². The van der Waals surface area contributed by atoms with Gasteiger partial charge < -0.3 is 5.11 Å². The summed E-state index contributed by atoms with van der Waals surface area (Å²) in [7, 11) is 0. The van der Waals surface area contributed by atoms with Crippen molar-refractivity contribution in [3.63, 3.8) is 0 Å². The van der Waals surface area contributed by atoms with Crippen LogP contribution >= 0.6 is 11.8 Å². The average molecular weight is 316 g/mol. The molecule has 0 radical (unpaired) electrons. The van der Waals surface area contributed by atoms with Gasteiger partial charge in [-0.1, -0.05) is 26.0 Å². The van der Waals surface area contributed by atoms with Crippen LogP contribution in [-0.4, -0.2) is 21.7 Å². The maximum atomic E-state index is 9.12. The Morgan fingerprint density at radius 1 is 1.05 bits per heavy atom. The molecule has 0 aliphatic rings. The molecule has 2 rings (SSSR count). The lowest BCUT2D eigenvalue weighted by atomic mass is 9.83. The first-order valence-corrected chi connectivity index (χ1v) is 8.39. The van der Waals surface area contributed by atoms with Crippen molar-refractivity contribution < 1.29 is 5.11 Å². The highest BCUT2D eigenvalue weighted by Gasteiger charge is 2.17. The summed E-state index contributed by atoms with van der Waals surface area (Å²) >= 11 is 1.59. The number of benzene rings is 1. The predicted octanol–water partition coefficient (Wildman–Crippen LogP) is 4.20. The van der Waals surface area contributed by atoms with Crippen molar-refractivity contribution >= 4 is 11.8 Å². The van der Waals surface area contributed by atoms with Crippen molar-refractivity contribution in [2.24, 2.45) is 5.41 Å². The number of rotatable bonds is 6.